The zero-order chi connectivity index (χ0) is 13.0. The smallest absolute Gasteiger partial charge is 0.238 e. The number of amides is 1. The predicted octanol–water partition coefficient (Wildman–Crippen LogP) is 3.42. The molecule has 0 saturated carbocycles. The molecule has 3 nitrogen and oxygen atoms in total. The maximum absolute atomic E-state index is 11.9. The first-order valence-electron chi connectivity index (χ1n) is 6.13. The lowest BCUT2D eigenvalue weighted by molar-refractivity contribution is -0.117. The van der Waals surface area contributed by atoms with Crippen LogP contribution in [0.2, 0.25) is 10.0 Å². The van der Waals surface area contributed by atoms with Gasteiger partial charge in [-0.05, 0) is 38.1 Å². The van der Waals surface area contributed by atoms with Gasteiger partial charge in [-0.2, -0.15) is 0 Å². The fourth-order valence-electron chi connectivity index (χ4n) is 2.12. The van der Waals surface area contributed by atoms with Crippen LogP contribution < -0.4 is 5.32 Å². The molecule has 18 heavy (non-hydrogen) atoms. The van der Waals surface area contributed by atoms with Crippen LogP contribution in [0.5, 0.6) is 0 Å². The molecule has 0 spiro atoms. The maximum Gasteiger partial charge on any atom is 0.238 e. The molecule has 2 rings (SSSR count). The lowest BCUT2D eigenvalue weighted by Crippen LogP contribution is -2.36. The molecule has 98 valence electrons. The third kappa shape index (κ3) is 3.61. The second-order valence-electron chi connectivity index (χ2n) is 4.48. The van der Waals surface area contributed by atoms with E-state index in [2.05, 4.69) is 10.2 Å². The van der Waals surface area contributed by atoms with Gasteiger partial charge >= 0.3 is 0 Å². The minimum Gasteiger partial charge on any atom is -0.322 e. The Balaban J connectivity index is 1.94. The number of halogens is 2. The first-order valence-corrected chi connectivity index (χ1v) is 6.88. The molecule has 0 aliphatic carbocycles. The molecule has 1 aromatic carbocycles. The fourth-order valence-corrected chi connectivity index (χ4v) is 2.61. The number of hydrogen-bond acceptors (Lipinski definition) is 2. The normalized spacial score (nSPS) is 16.6. The molecule has 1 fully saturated rings. The molecular formula is C13H16Cl2N2O. The molecule has 0 unspecified atom stereocenters. The molecular weight excluding hydrogens is 271 g/mol. The summed E-state index contributed by atoms with van der Waals surface area (Å²) in [5, 5.41) is 3.72. The Labute approximate surface area is 117 Å². The number of likely N-dealkylation sites (tertiary alicyclic amines) is 1. The molecule has 0 bridgehead atoms. The van der Waals surface area contributed by atoms with E-state index < -0.39 is 0 Å². The molecule has 1 aliphatic rings. The zero-order valence-corrected chi connectivity index (χ0v) is 11.6. The van der Waals surface area contributed by atoms with E-state index in [9.17, 15) is 4.79 Å². The Morgan fingerprint density at radius 3 is 2.39 bits per heavy atom. The number of carbonyl (C=O) groups excluding carboxylic acids is 1. The standard InChI is InChI=1S/C13H16Cl2N2O/c14-10-5-4-6-11(15)13(10)16-12(18)9-17-7-2-1-3-8-17/h4-6H,1-3,7-9H2,(H,16,18). The number of hydrogen-bond donors (Lipinski definition) is 1. The van der Waals surface area contributed by atoms with Crippen LogP contribution in [-0.4, -0.2) is 30.4 Å². The summed E-state index contributed by atoms with van der Waals surface area (Å²) in [5.74, 6) is -0.0631. The molecule has 5 heteroatoms. The third-order valence-corrected chi connectivity index (χ3v) is 3.67. The number of benzene rings is 1. The van der Waals surface area contributed by atoms with Crippen molar-refractivity contribution in [3.63, 3.8) is 0 Å². The van der Waals surface area contributed by atoms with Crippen LogP contribution in [0, 0.1) is 0 Å². The Kier molecular flexibility index (Phi) is 4.87. The van der Waals surface area contributed by atoms with Gasteiger partial charge in [-0.15, -0.1) is 0 Å². The van der Waals surface area contributed by atoms with Crippen molar-refractivity contribution in [2.24, 2.45) is 0 Å². The summed E-state index contributed by atoms with van der Waals surface area (Å²) < 4.78 is 0. The van der Waals surface area contributed by atoms with Gasteiger partial charge in [0, 0.05) is 0 Å². The molecule has 1 heterocycles. The van der Waals surface area contributed by atoms with Crippen LogP contribution in [-0.2, 0) is 4.79 Å². The number of carbonyl (C=O) groups is 1. The van der Waals surface area contributed by atoms with Gasteiger partial charge in [-0.25, -0.2) is 0 Å². The Morgan fingerprint density at radius 1 is 1.17 bits per heavy atom. The summed E-state index contributed by atoms with van der Waals surface area (Å²) in [5.41, 5.74) is 0.503. The number of nitrogens with one attached hydrogen (secondary N) is 1. The summed E-state index contributed by atoms with van der Waals surface area (Å²) >= 11 is 12.0. The quantitative estimate of drug-likeness (QED) is 0.924. The van der Waals surface area contributed by atoms with Gasteiger partial charge in [0.2, 0.25) is 5.91 Å². The van der Waals surface area contributed by atoms with Crippen LogP contribution in [0.25, 0.3) is 0 Å². The summed E-state index contributed by atoms with van der Waals surface area (Å²) in [7, 11) is 0. The second kappa shape index (κ2) is 6.41. The number of anilines is 1. The number of para-hydroxylation sites is 1. The minimum atomic E-state index is -0.0631. The number of nitrogens with zero attached hydrogens (tertiary/aromatic N) is 1. The van der Waals surface area contributed by atoms with Crippen molar-refractivity contribution in [2.45, 2.75) is 19.3 Å². The topological polar surface area (TPSA) is 32.3 Å². The van der Waals surface area contributed by atoms with Gasteiger partial charge < -0.3 is 5.32 Å². The minimum absolute atomic E-state index is 0.0631. The average Bonchev–Trinajstić information content (AvgIpc) is 2.35. The summed E-state index contributed by atoms with van der Waals surface area (Å²) in [6.07, 6.45) is 3.59. The molecule has 1 aromatic rings. The highest BCUT2D eigenvalue weighted by Gasteiger charge is 2.15. The molecule has 0 aromatic heterocycles. The molecule has 1 amide bonds. The molecule has 1 N–H and O–H groups in total. The Bertz CT molecular complexity index is 411. The van der Waals surface area contributed by atoms with Gasteiger partial charge in [-0.3, -0.25) is 9.69 Å². The van der Waals surface area contributed by atoms with E-state index in [0.29, 0.717) is 22.3 Å². The molecule has 1 aliphatic heterocycles. The monoisotopic (exact) mass is 286 g/mol. The van der Waals surface area contributed by atoms with Crippen LogP contribution in [0.15, 0.2) is 18.2 Å². The van der Waals surface area contributed by atoms with E-state index in [1.807, 2.05) is 0 Å². The fraction of sp³-hybridized carbons (Fsp3) is 0.462. The van der Waals surface area contributed by atoms with Gasteiger partial charge in [0.15, 0.2) is 0 Å². The molecule has 0 atom stereocenters. The highest BCUT2D eigenvalue weighted by Crippen LogP contribution is 2.29. The highest BCUT2D eigenvalue weighted by molar-refractivity contribution is 6.39. The second-order valence-corrected chi connectivity index (χ2v) is 5.30. The van der Waals surface area contributed by atoms with Crippen molar-refractivity contribution in [2.75, 3.05) is 25.0 Å². The molecule has 1 saturated heterocycles. The predicted molar refractivity (Wildman–Crippen MR) is 75.4 cm³/mol. The van der Waals surface area contributed by atoms with Crippen molar-refractivity contribution in [1.29, 1.82) is 0 Å². The first kappa shape index (κ1) is 13.7. The van der Waals surface area contributed by atoms with Crippen molar-refractivity contribution in [1.82, 2.24) is 4.90 Å². The number of piperidine rings is 1. The lowest BCUT2D eigenvalue weighted by atomic mass is 10.1. The van der Waals surface area contributed by atoms with Gasteiger partial charge in [-0.1, -0.05) is 35.7 Å². The van der Waals surface area contributed by atoms with Crippen LogP contribution in [0.3, 0.4) is 0 Å². The van der Waals surface area contributed by atoms with Crippen molar-refractivity contribution < 1.29 is 4.79 Å². The zero-order valence-electron chi connectivity index (χ0n) is 10.1. The first-order chi connectivity index (χ1) is 8.66. The summed E-state index contributed by atoms with van der Waals surface area (Å²) in [6, 6.07) is 5.18. The van der Waals surface area contributed by atoms with Crippen molar-refractivity contribution in [3.05, 3.63) is 28.2 Å². The van der Waals surface area contributed by atoms with E-state index in [1.54, 1.807) is 18.2 Å². The van der Waals surface area contributed by atoms with E-state index in [4.69, 9.17) is 23.2 Å². The number of rotatable bonds is 3. The Hall–Kier alpha value is -0.770. The van der Waals surface area contributed by atoms with Crippen molar-refractivity contribution >= 4 is 34.8 Å². The highest BCUT2D eigenvalue weighted by atomic mass is 35.5. The van der Waals surface area contributed by atoms with E-state index in [-0.39, 0.29) is 5.91 Å². The van der Waals surface area contributed by atoms with Gasteiger partial charge in [0.05, 0.1) is 22.3 Å². The van der Waals surface area contributed by atoms with Crippen molar-refractivity contribution in [3.8, 4) is 0 Å². The van der Waals surface area contributed by atoms with Gasteiger partial charge in [0.1, 0.15) is 0 Å². The molecule has 0 radical (unpaired) electrons. The van der Waals surface area contributed by atoms with E-state index >= 15 is 0 Å². The SMILES string of the molecule is O=C(CN1CCCCC1)Nc1c(Cl)cccc1Cl. The Morgan fingerprint density at radius 2 is 1.78 bits per heavy atom. The van der Waals surface area contributed by atoms with Crippen LogP contribution in [0.1, 0.15) is 19.3 Å². The third-order valence-electron chi connectivity index (χ3n) is 3.04. The van der Waals surface area contributed by atoms with Gasteiger partial charge in [0.25, 0.3) is 0 Å². The van der Waals surface area contributed by atoms with Crippen LogP contribution in [0.4, 0.5) is 5.69 Å². The lowest BCUT2D eigenvalue weighted by Gasteiger charge is -2.25. The van der Waals surface area contributed by atoms with Crippen LogP contribution >= 0.6 is 23.2 Å². The maximum atomic E-state index is 11.9. The van der Waals surface area contributed by atoms with E-state index in [1.165, 1.54) is 19.3 Å². The largest absolute Gasteiger partial charge is 0.322 e. The summed E-state index contributed by atoms with van der Waals surface area (Å²) in [4.78, 5) is 14.1. The van der Waals surface area contributed by atoms with E-state index in [0.717, 1.165) is 13.1 Å². The average molecular weight is 287 g/mol. The summed E-state index contributed by atoms with van der Waals surface area (Å²) in [6.45, 7) is 2.38.